The van der Waals surface area contributed by atoms with Crippen LogP contribution in [0.3, 0.4) is 0 Å². The number of rotatable bonds is 9. The van der Waals surface area contributed by atoms with Crippen molar-refractivity contribution in [3.05, 3.63) is 75.0 Å². The van der Waals surface area contributed by atoms with Crippen LogP contribution in [0.5, 0.6) is 5.75 Å². The minimum Gasteiger partial charge on any atom is -0.492 e. The van der Waals surface area contributed by atoms with Gasteiger partial charge in [-0.15, -0.1) is 0 Å². The lowest BCUT2D eigenvalue weighted by Gasteiger charge is -2.16. The maximum atomic E-state index is 12.5. The van der Waals surface area contributed by atoms with Gasteiger partial charge in [-0.3, -0.25) is 4.79 Å². The molecule has 8 heteroatoms. The van der Waals surface area contributed by atoms with Gasteiger partial charge in [-0.1, -0.05) is 24.3 Å². The number of ether oxygens (including phenoxy) is 2. The van der Waals surface area contributed by atoms with Gasteiger partial charge in [0, 0.05) is 6.42 Å². The second-order valence-corrected chi connectivity index (χ2v) is 7.03. The summed E-state index contributed by atoms with van der Waals surface area (Å²) in [6.45, 7) is 3.70. The van der Waals surface area contributed by atoms with Gasteiger partial charge in [0.05, 0.1) is 18.0 Å². The molecule has 0 bridgehead atoms. The predicted molar refractivity (Wildman–Crippen MR) is 110 cm³/mol. The van der Waals surface area contributed by atoms with Crippen LogP contribution in [0.15, 0.2) is 62.5 Å². The van der Waals surface area contributed by atoms with Gasteiger partial charge in [-0.05, 0) is 43.7 Å². The van der Waals surface area contributed by atoms with Gasteiger partial charge in [-0.2, -0.15) is 0 Å². The predicted octanol–water partition coefficient (Wildman–Crippen LogP) is 2.45. The normalized spacial score (nSPS) is 12.2. The SMILES string of the molecule is CC(C)OC(Cc1ccc(OCCn2c(=O)oc3ccccc3c2=O)cc1)C(=O)O. The summed E-state index contributed by atoms with van der Waals surface area (Å²) in [6, 6.07) is 13.5. The number of nitrogens with zero attached hydrogens (tertiary/aromatic N) is 1. The molecule has 0 aliphatic heterocycles. The number of benzene rings is 2. The minimum atomic E-state index is -1.01. The number of aliphatic carboxylic acids is 1. The lowest BCUT2D eigenvalue weighted by Crippen LogP contribution is -2.34. The molecule has 0 amide bonds. The van der Waals surface area contributed by atoms with E-state index in [1.807, 2.05) is 0 Å². The topological polar surface area (TPSA) is 108 Å². The standard InChI is InChI=1S/C22H23NO7/c1-14(2)29-19(21(25)26)13-15-7-9-16(10-8-15)28-12-11-23-20(24)17-5-3-4-6-18(17)30-22(23)27/h3-10,14,19H,11-13H2,1-2H3,(H,25,26). The Morgan fingerprint density at radius 1 is 1.10 bits per heavy atom. The molecule has 1 unspecified atom stereocenters. The van der Waals surface area contributed by atoms with Crippen LogP contribution in [0.4, 0.5) is 0 Å². The van der Waals surface area contributed by atoms with Crippen LogP contribution in [0.25, 0.3) is 11.0 Å². The quantitative estimate of drug-likeness (QED) is 0.574. The number of carboxylic acids is 1. The van der Waals surface area contributed by atoms with Crippen molar-refractivity contribution in [1.29, 1.82) is 0 Å². The molecule has 0 saturated carbocycles. The molecule has 30 heavy (non-hydrogen) atoms. The molecule has 1 atom stereocenters. The molecule has 0 fully saturated rings. The Balaban J connectivity index is 1.62. The summed E-state index contributed by atoms with van der Waals surface area (Å²) < 4.78 is 17.2. The van der Waals surface area contributed by atoms with Crippen molar-refractivity contribution < 1.29 is 23.8 Å². The van der Waals surface area contributed by atoms with Crippen LogP contribution in [-0.2, 0) is 22.5 Å². The average Bonchev–Trinajstić information content (AvgIpc) is 2.70. The Bertz CT molecular complexity index is 1130. The van der Waals surface area contributed by atoms with Crippen LogP contribution in [0.2, 0.25) is 0 Å². The highest BCUT2D eigenvalue weighted by Gasteiger charge is 2.20. The van der Waals surface area contributed by atoms with E-state index < -0.39 is 23.4 Å². The fraction of sp³-hybridized carbons (Fsp3) is 0.318. The van der Waals surface area contributed by atoms with Crippen molar-refractivity contribution in [2.24, 2.45) is 0 Å². The number of hydrogen-bond donors (Lipinski definition) is 1. The van der Waals surface area contributed by atoms with Crippen molar-refractivity contribution in [2.45, 2.75) is 39.0 Å². The second kappa shape index (κ2) is 9.41. The molecule has 0 aliphatic rings. The molecule has 8 nitrogen and oxygen atoms in total. The maximum Gasteiger partial charge on any atom is 0.422 e. The molecule has 0 aliphatic carbocycles. The number of hydrogen-bond acceptors (Lipinski definition) is 6. The summed E-state index contributed by atoms with van der Waals surface area (Å²) in [7, 11) is 0. The summed E-state index contributed by atoms with van der Waals surface area (Å²) in [4.78, 5) is 35.8. The first-order chi connectivity index (χ1) is 14.3. The molecule has 0 saturated heterocycles. The molecule has 1 N–H and O–H groups in total. The van der Waals surface area contributed by atoms with Gasteiger partial charge in [0.1, 0.15) is 17.9 Å². The zero-order valence-corrected chi connectivity index (χ0v) is 16.7. The van der Waals surface area contributed by atoms with Crippen molar-refractivity contribution >= 4 is 16.9 Å². The zero-order chi connectivity index (χ0) is 21.7. The van der Waals surface area contributed by atoms with Gasteiger partial charge in [-0.25, -0.2) is 14.2 Å². The van der Waals surface area contributed by atoms with E-state index >= 15 is 0 Å². The van der Waals surface area contributed by atoms with Crippen LogP contribution in [0.1, 0.15) is 19.4 Å². The van der Waals surface area contributed by atoms with Gasteiger partial charge < -0.3 is 19.0 Å². The largest absolute Gasteiger partial charge is 0.492 e. The van der Waals surface area contributed by atoms with E-state index in [1.54, 1.807) is 62.4 Å². The monoisotopic (exact) mass is 413 g/mol. The van der Waals surface area contributed by atoms with E-state index in [2.05, 4.69) is 0 Å². The first-order valence-corrected chi connectivity index (χ1v) is 9.58. The first-order valence-electron chi connectivity index (χ1n) is 9.58. The van der Waals surface area contributed by atoms with Crippen LogP contribution in [0, 0.1) is 0 Å². The summed E-state index contributed by atoms with van der Waals surface area (Å²) in [5.74, 6) is -1.21. The Morgan fingerprint density at radius 3 is 2.47 bits per heavy atom. The highest BCUT2D eigenvalue weighted by Crippen LogP contribution is 2.15. The first kappa shape index (κ1) is 21.3. The van der Waals surface area contributed by atoms with E-state index in [1.165, 1.54) is 0 Å². The van der Waals surface area contributed by atoms with Gasteiger partial charge in [0.15, 0.2) is 6.10 Å². The van der Waals surface area contributed by atoms with Crippen molar-refractivity contribution in [2.75, 3.05) is 6.61 Å². The molecule has 1 aromatic heterocycles. The molecule has 158 valence electrons. The molecule has 2 aromatic carbocycles. The van der Waals surface area contributed by atoms with E-state index in [0.29, 0.717) is 11.1 Å². The minimum absolute atomic E-state index is 0.0388. The number of fused-ring (bicyclic) bond motifs is 1. The van der Waals surface area contributed by atoms with E-state index in [-0.39, 0.29) is 31.3 Å². The summed E-state index contributed by atoms with van der Waals surface area (Å²) >= 11 is 0. The third-order valence-corrected chi connectivity index (χ3v) is 4.42. The Labute approximate surface area is 172 Å². The van der Waals surface area contributed by atoms with Gasteiger partial charge in [0.2, 0.25) is 0 Å². The number of para-hydroxylation sites is 1. The fourth-order valence-corrected chi connectivity index (χ4v) is 3.02. The molecule has 0 radical (unpaired) electrons. The highest BCUT2D eigenvalue weighted by atomic mass is 16.5. The number of aromatic nitrogens is 1. The van der Waals surface area contributed by atoms with Crippen molar-refractivity contribution in [3.8, 4) is 5.75 Å². The van der Waals surface area contributed by atoms with Crippen LogP contribution in [-0.4, -0.2) is 34.5 Å². The van der Waals surface area contributed by atoms with Crippen LogP contribution >= 0.6 is 0 Å². The average molecular weight is 413 g/mol. The summed E-state index contributed by atoms with van der Waals surface area (Å²) in [6.07, 6.45) is -0.873. The third kappa shape index (κ3) is 5.15. The van der Waals surface area contributed by atoms with E-state index in [9.17, 15) is 19.5 Å². The molecule has 3 rings (SSSR count). The zero-order valence-electron chi connectivity index (χ0n) is 16.7. The molecule has 1 heterocycles. The molecular weight excluding hydrogens is 390 g/mol. The Kier molecular flexibility index (Phi) is 6.68. The lowest BCUT2D eigenvalue weighted by atomic mass is 10.1. The highest BCUT2D eigenvalue weighted by molar-refractivity contribution is 5.75. The number of carboxylic acid groups (broad SMARTS) is 1. The number of carbonyl (C=O) groups is 1. The second-order valence-electron chi connectivity index (χ2n) is 7.03. The molecule has 0 spiro atoms. The van der Waals surface area contributed by atoms with Gasteiger partial charge >= 0.3 is 11.7 Å². The van der Waals surface area contributed by atoms with E-state index in [0.717, 1.165) is 10.1 Å². The lowest BCUT2D eigenvalue weighted by molar-refractivity contribution is -0.153. The maximum absolute atomic E-state index is 12.5. The smallest absolute Gasteiger partial charge is 0.422 e. The van der Waals surface area contributed by atoms with Crippen molar-refractivity contribution in [3.63, 3.8) is 0 Å². The summed E-state index contributed by atoms with van der Waals surface area (Å²) in [5, 5.41) is 9.59. The Morgan fingerprint density at radius 2 is 1.80 bits per heavy atom. The summed E-state index contributed by atoms with van der Waals surface area (Å²) in [5.41, 5.74) is 0.619. The fourth-order valence-electron chi connectivity index (χ4n) is 3.02. The Hall–Kier alpha value is -3.39. The van der Waals surface area contributed by atoms with Gasteiger partial charge in [0.25, 0.3) is 5.56 Å². The third-order valence-electron chi connectivity index (χ3n) is 4.42. The molecular formula is C22H23NO7. The van der Waals surface area contributed by atoms with E-state index in [4.69, 9.17) is 13.9 Å². The van der Waals surface area contributed by atoms with Crippen LogP contribution < -0.4 is 16.1 Å². The molecule has 3 aromatic rings. The van der Waals surface area contributed by atoms with Crippen molar-refractivity contribution in [1.82, 2.24) is 4.57 Å².